The average Bonchev–Trinajstić information content (AvgIpc) is 2.49. The normalized spacial score (nSPS) is 10.9. The summed E-state index contributed by atoms with van der Waals surface area (Å²) in [6.07, 6.45) is 1.00. The molecule has 0 fully saturated rings. The van der Waals surface area contributed by atoms with Crippen molar-refractivity contribution in [1.82, 2.24) is 4.90 Å². The summed E-state index contributed by atoms with van der Waals surface area (Å²) in [6, 6.07) is 21.1. The highest BCUT2D eigenvalue weighted by Crippen LogP contribution is 2.11. The number of hydrogen-bond acceptors (Lipinski definition) is 3. The van der Waals surface area contributed by atoms with Gasteiger partial charge >= 0.3 is 0 Å². The highest BCUT2D eigenvalue weighted by Gasteiger charge is 2.06. The topological polar surface area (TPSA) is 23.5 Å². The zero-order valence-electron chi connectivity index (χ0n) is 11.6. The van der Waals surface area contributed by atoms with E-state index in [0.29, 0.717) is 0 Å². The van der Waals surface area contributed by atoms with Crippen LogP contribution in [0.25, 0.3) is 0 Å². The van der Waals surface area contributed by atoms with Crippen LogP contribution in [0.5, 0.6) is 0 Å². The predicted octanol–water partition coefficient (Wildman–Crippen LogP) is 4.29. The Morgan fingerprint density at radius 3 is 1.75 bits per heavy atom. The smallest absolute Gasteiger partial charge is 0.0237 e. The molecule has 0 saturated heterocycles. The third kappa shape index (κ3) is 5.37. The van der Waals surface area contributed by atoms with Crippen LogP contribution in [0.4, 0.5) is 0 Å². The van der Waals surface area contributed by atoms with Crippen LogP contribution in [0.3, 0.4) is 0 Å². The van der Waals surface area contributed by atoms with E-state index in [2.05, 4.69) is 53.4 Å². The van der Waals surface area contributed by atoms with Crippen LogP contribution in [0, 0.1) is 0 Å². The molecule has 1 N–H and O–H groups in total. The fourth-order valence-corrected chi connectivity index (χ4v) is 2.51. The summed E-state index contributed by atoms with van der Waals surface area (Å²) in [6.45, 7) is 2.90. The molecular formula is C17H21NOS. The second kappa shape index (κ2) is 8.80. The van der Waals surface area contributed by atoms with Gasteiger partial charge in [-0.2, -0.15) is 0 Å². The van der Waals surface area contributed by atoms with Crippen LogP contribution >= 0.6 is 12.0 Å². The van der Waals surface area contributed by atoms with E-state index in [1.54, 1.807) is 0 Å². The number of hydrogen-bond donors (Lipinski definition) is 1. The molecule has 20 heavy (non-hydrogen) atoms. The van der Waals surface area contributed by atoms with Crippen molar-refractivity contribution >= 4 is 12.0 Å². The lowest BCUT2D eigenvalue weighted by Crippen LogP contribution is -2.24. The van der Waals surface area contributed by atoms with Crippen molar-refractivity contribution in [3.8, 4) is 0 Å². The summed E-state index contributed by atoms with van der Waals surface area (Å²) >= 11 is 0.930. The minimum absolute atomic E-state index is 0.792. The van der Waals surface area contributed by atoms with Crippen molar-refractivity contribution in [3.05, 3.63) is 71.8 Å². The van der Waals surface area contributed by atoms with Gasteiger partial charge in [0.25, 0.3) is 0 Å². The molecule has 0 heterocycles. The lowest BCUT2D eigenvalue weighted by atomic mass is 10.1. The average molecular weight is 287 g/mol. The summed E-state index contributed by atoms with van der Waals surface area (Å²) < 4.78 is 8.86. The maximum Gasteiger partial charge on any atom is 0.0237 e. The van der Waals surface area contributed by atoms with Gasteiger partial charge in [0.2, 0.25) is 0 Å². The molecule has 106 valence electrons. The predicted molar refractivity (Wildman–Crippen MR) is 86.7 cm³/mol. The maximum absolute atomic E-state index is 8.86. The Labute approximate surface area is 125 Å². The first-order chi connectivity index (χ1) is 9.88. The molecule has 0 unspecified atom stereocenters. The first-order valence-corrected chi connectivity index (χ1v) is 7.89. The van der Waals surface area contributed by atoms with Gasteiger partial charge in [0.05, 0.1) is 0 Å². The Kier molecular flexibility index (Phi) is 6.64. The van der Waals surface area contributed by atoms with Gasteiger partial charge in [-0.15, -0.1) is 0 Å². The van der Waals surface area contributed by atoms with Gasteiger partial charge in [-0.25, -0.2) is 0 Å². The molecule has 3 heteroatoms. The van der Waals surface area contributed by atoms with Crippen molar-refractivity contribution in [1.29, 1.82) is 0 Å². The molecule has 2 rings (SSSR count). The van der Waals surface area contributed by atoms with E-state index in [4.69, 9.17) is 4.55 Å². The second-order valence-corrected chi connectivity index (χ2v) is 5.54. The SMILES string of the molecule is OSCCCN(Cc1ccccc1)Cc1ccccc1. The molecule has 2 aromatic carbocycles. The van der Waals surface area contributed by atoms with E-state index in [-0.39, 0.29) is 0 Å². The van der Waals surface area contributed by atoms with Crippen LogP contribution in [-0.4, -0.2) is 21.8 Å². The van der Waals surface area contributed by atoms with Crippen molar-refractivity contribution in [2.24, 2.45) is 0 Å². The minimum Gasteiger partial charge on any atom is -0.330 e. The molecule has 0 aromatic heterocycles. The molecule has 0 spiro atoms. The van der Waals surface area contributed by atoms with Crippen LogP contribution in [-0.2, 0) is 13.1 Å². The third-order valence-corrected chi connectivity index (χ3v) is 3.68. The van der Waals surface area contributed by atoms with Crippen molar-refractivity contribution in [2.75, 3.05) is 12.3 Å². The molecule has 0 bridgehead atoms. The summed E-state index contributed by atoms with van der Waals surface area (Å²) in [4.78, 5) is 2.43. The summed E-state index contributed by atoms with van der Waals surface area (Å²) in [5, 5.41) is 0. The summed E-state index contributed by atoms with van der Waals surface area (Å²) in [7, 11) is 0. The van der Waals surface area contributed by atoms with Crippen LogP contribution in [0.1, 0.15) is 17.5 Å². The Bertz CT molecular complexity index is 433. The molecule has 2 aromatic rings. The molecule has 0 atom stereocenters. The Morgan fingerprint density at radius 2 is 1.30 bits per heavy atom. The third-order valence-electron chi connectivity index (χ3n) is 3.21. The molecule has 0 radical (unpaired) electrons. The Morgan fingerprint density at radius 1 is 0.800 bits per heavy atom. The van der Waals surface area contributed by atoms with E-state index in [0.717, 1.165) is 43.9 Å². The molecule has 2 nitrogen and oxygen atoms in total. The van der Waals surface area contributed by atoms with Gasteiger partial charge in [-0.05, 0) is 36.1 Å². The van der Waals surface area contributed by atoms with Gasteiger partial charge in [0.1, 0.15) is 0 Å². The first kappa shape index (κ1) is 15.1. The maximum atomic E-state index is 8.86. The summed E-state index contributed by atoms with van der Waals surface area (Å²) in [5.74, 6) is 0.792. The van der Waals surface area contributed by atoms with E-state index in [1.165, 1.54) is 11.1 Å². The van der Waals surface area contributed by atoms with Gasteiger partial charge in [0, 0.05) is 18.8 Å². The fourth-order valence-electron chi connectivity index (χ4n) is 2.25. The number of benzene rings is 2. The van der Waals surface area contributed by atoms with E-state index in [1.807, 2.05) is 12.1 Å². The largest absolute Gasteiger partial charge is 0.330 e. The van der Waals surface area contributed by atoms with Gasteiger partial charge in [0.15, 0.2) is 0 Å². The minimum atomic E-state index is 0.792. The monoisotopic (exact) mass is 287 g/mol. The van der Waals surface area contributed by atoms with Crippen LogP contribution in [0.2, 0.25) is 0 Å². The van der Waals surface area contributed by atoms with Crippen LogP contribution in [0.15, 0.2) is 60.7 Å². The lowest BCUT2D eigenvalue weighted by Gasteiger charge is -2.22. The highest BCUT2D eigenvalue weighted by molar-refractivity contribution is 7.93. The number of rotatable bonds is 8. The van der Waals surface area contributed by atoms with Crippen molar-refractivity contribution in [2.45, 2.75) is 19.5 Å². The first-order valence-electron chi connectivity index (χ1n) is 6.95. The molecule has 0 aliphatic carbocycles. The lowest BCUT2D eigenvalue weighted by molar-refractivity contribution is 0.258. The molecule has 0 saturated carbocycles. The van der Waals surface area contributed by atoms with Gasteiger partial charge in [-0.1, -0.05) is 60.7 Å². The standard InChI is InChI=1S/C17H21NOS/c19-20-13-7-12-18(14-16-8-3-1-4-9-16)15-17-10-5-2-6-11-17/h1-6,8-11,19H,7,12-15H2. The summed E-state index contributed by atoms with van der Waals surface area (Å²) in [5.41, 5.74) is 2.67. The van der Waals surface area contributed by atoms with E-state index < -0.39 is 0 Å². The highest BCUT2D eigenvalue weighted by atomic mass is 32.2. The quantitative estimate of drug-likeness (QED) is 0.579. The molecule has 0 amide bonds. The Hall–Kier alpha value is -1.29. The van der Waals surface area contributed by atoms with Crippen molar-refractivity contribution in [3.63, 3.8) is 0 Å². The van der Waals surface area contributed by atoms with Gasteiger partial charge in [-0.3, -0.25) is 4.90 Å². The zero-order chi connectivity index (χ0) is 14.0. The number of nitrogens with zero attached hydrogens (tertiary/aromatic N) is 1. The molecule has 0 aliphatic rings. The zero-order valence-corrected chi connectivity index (χ0v) is 12.4. The molecule has 0 aliphatic heterocycles. The van der Waals surface area contributed by atoms with Crippen molar-refractivity contribution < 1.29 is 4.55 Å². The Balaban J connectivity index is 1.96. The fraction of sp³-hybridized carbons (Fsp3) is 0.294. The van der Waals surface area contributed by atoms with E-state index in [9.17, 15) is 0 Å². The van der Waals surface area contributed by atoms with Crippen LogP contribution < -0.4 is 0 Å². The molecular weight excluding hydrogens is 266 g/mol. The van der Waals surface area contributed by atoms with E-state index >= 15 is 0 Å². The second-order valence-electron chi connectivity index (χ2n) is 4.87. The van der Waals surface area contributed by atoms with Gasteiger partial charge < -0.3 is 4.55 Å².